The van der Waals surface area contributed by atoms with E-state index in [9.17, 15) is 9.59 Å². The highest BCUT2D eigenvalue weighted by molar-refractivity contribution is 5.94. The van der Waals surface area contributed by atoms with Crippen LogP contribution in [0.1, 0.15) is 36.0 Å². The Labute approximate surface area is 110 Å². The minimum absolute atomic E-state index is 0.0180. The minimum atomic E-state index is -0.859. The number of nitrogens with one attached hydrogen (secondary N) is 1. The molecule has 0 spiro atoms. The fourth-order valence-electron chi connectivity index (χ4n) is 2.27. The van der Waals surface area contributed by atoms with Gasteiger partial charge in [0.25, 0.3) is 0 Å². The molecule has 0 atom stereocenters. The van der Waals surface area contributed by atoms with Gasteiger partial charge in [0.15, 0.2) is 0 Å². The third-order valence-electron chi connectivity index (χ3n) is 3.40. The quantitative estimate of drug-likeness (QED) is 0.786. The summed E-state index contributed by atoms with van der Waals surface area (Å²) in [5.41, 5.74) is -0.176. The molecule has 0 aromatic carbocycles. The van der Waals surface area contributed by atoms with E-state index in [1.54, 1.807) is 18.3 Å². The first-order valence-corrected chi connectivity index (χ1v) is 6.10. The lowest BCUT2D eigenvalue weighted by Gasteiger charge is -2.42. The number of esters is 1. The number of carbonyl (C=O) groups excluding carboxylic acids is 1. The summed E-state index contributed by atoms with van der Waals surface area (Å²) in [5, 5.41) is 12.1. The van der Waals surface area contributed by atoms with Crippen molar-refractivity contribution in [3.8, 4) is 0 Å². The van der Waals surface area contributed by atoms with Gasteiger partial charge in [-0.1, -0.05) is 0 Å². The standard InChI is InChI=1S/C13H16N2O4/c1-19-12(18)9-4-2-7-14-11(9)15-13(5-3-6-13)8-10(16)17/h2,4,7H,3,5-6,8H2,1H3,(H,14,15)(H,16,17). The average Bonchev–Trinajstić information content (AvgIpc) is 2.35. The molecule has 1 aromatic rings. The van der Waals surface area contributed by atoms with Gasteiger partial charge in [0.05, 0.1) is 13.5 Å². The van der Waals surface area contributed by atoms with Crippen LogP contribution in [0.25, 0.3) is 0 Å². The molecule has 2 N–H and O–H groups in total. The topological polar surface area (TPSA) is 88.5 Å². The summed E-state index contributed by atoms with van der Waals surface area (Å²) in [7, 11) is 1.30. The maximum atomic E-state index is 11.6. The van der Waals surface area contributed by atoms with Gasteiger partial charge in [-0.05, 0) is 31.4 Å². The molecule has 0 bridgehead atoms. The van der Waals surface area contributed by atoms with Gasteiger partial charge in [-0.15, -0.1) is 0 Å². The number of aliphatic carboxylic acids is 1. The van der Waals surface area contributed by atoms with Crippen LogP contribution in [0.4, 0.5) is 5.82 Å². The number of nitrogens with zero attached hydrogens (tertiary/aromatic N) is 1. The van der Waals surface area contributed by atoms with Crippen LogP contribution < -0.4 is 5.32 Å². The van der Waals surface area contributed by atoms with Gasteiger partial charge in [-0.2, -0.15) is 0 Å². The second-order valence-corrected chi connectivity index (χ2v) is 4.72. The van der Waals surface area contributed by atoms with Crippen LogP contribution in [0.5, 0.6) is 0 Å². The van der Waals surface area contributed by atoms with Gasteiger partial charge in [-0.3, -0.25) is 4.79 Å². The second kappa shape index (κ2) is 5.26. The Bertz CT molecular complexity index is 497. The number of hydrogen-bond donors (Lipinski definition) is 2. The summed E-state index contributed by atoms with van der Waals surface area (Å²) in [6, 6.07) is 3.25. The van der Waals surface area contributed by atoms with Gasteiger partial charge < -0.3 is 15.2 Å². The Morgan fingerprint density at radius 1 is 1.53 bits per heavy atom. The van der Waals surface area contributed by atoms with Gasteiger partial charge >= 0.3 is 11.9 Å². The summed E-state index contributed by atoms with van der Waals surface area (Å²) in [4.78, 5) is 26.7. The first-order chi connectivity index (χ1) is 9.06. The van der Waals surface area contributed by atoms with Gasteiger partial charge in [0, 0.05) is 11.7 Å². The van der Waals surface area contributed by atoms with Crippen molar-refractivity contribution in [2.75, 3.05) is 12.4 Å². The molecule has 0 unspecified atom stereocenters. The zero-order valence-corrected chi connectivity index (χ0v) is 10.7. The summed E-state index contributed by atoms with van der Waals surface area (Å²) < 4.78 is 4.69. The minimum Gasteiger partial charge on any atom is -0.481 e. The molecule has 102 valence electrons. The van der Waals surface area contributed by atoms with E-state index in [4.69, 9.17) is 5.11 Å². The lowest BCUT2D eigenvalue weighted by atomic mass is 9.74. The number of hydrogen-bond acceptors (Lipinski definition) is 5. The molecule has 1 aliphatic rings. The number of carboxylic acids is 1. The fraction of sp³-hybridized carbons (Fsp3) is 0.462. The van der Waals surface area contributed by atoms with Crippen LogP contribution in [0.2, 0.25) is 0 Å². The van der Waals surface area contributed by atoms with E-state index in [0.717, 1.165) is 19.3 Å². The van der Waals surface area contributed by atoms with Gasteiger partial charge in [-0.25, -0.2) is 9.78 Å². The van der Waals surface area contributed by atoms with E-state index in [2.05, 4.69) is 15.0 Å². The molecular formula is C13H16N2O4. The Morgan fingerprint density at radius 3 is 2.79 bits per heavy atom. The normalized spacial score (nSPS) is 16.3. The molecule has 1 saturated carbocycles. The summed E-state index contributed by atoms with van der Waals surface area (Å²) in [6.45, 7) is 0. The van der Waals surface area contributed by atoms with Crippen molar-refractivity contribution in [2.45, 2.75) is 31.2 Å². The smallest absolute Gasteiger partial charge is 0.341 e. The molecule has 0 saturated heterocycles. The zero-order chi connectivity index (χ0) is 13.9. The predicted molar refractivity (Wildman–Crippen MR) is 68.0 cm³/mol. The number of carboxylic acid groups (broad SMARTS) is 1. The second-order valence-electron chi connectivity index (χ2n) is 4.72. The Morgan fingerprint density at radius 2 is 2.26 bits per heavy atom. The highest BCUT2D eigenvalue weighted by atomic mass is 16.5. The molecule has 0 amide bonds. The van der Waals surface area contributed by atoms with E-state index in [1.165, 1.54) is 7.11 Å². The number of aromatic nitrogens is 1. The molecule has 1 aromatic heterocycles. The summed E-state index contributed by atoms with van der Waals surface area (Å²) >= 11 is 0. The molecule has 2 rings (SSSR count). The van der Waals surface area contributed by atoms with Crippen LogP contribution in [0.15, 0.2) is 18.3 Å². The molecule has 0 radical (unpaired) electrons. The van der Waals surface area contributed by atoms with Crippen LogP contribution in [-0.2, 0) is 9.53 Å². The molecule has 1 fully saturated rings. The van der Waals surface area contributed by atoms with E-state index >= 15 is 0 Å². The van der Waals surface area contributed by atoms with Crippen molar-refractivity contribution in [3.63, 3.8) is 0 Å². The third kappa shape index (κ3) is 2.83. The number of anilines is 1. The zero-order valence-electron chi connectivity index (χ0n) is 10.7. The van der Waals surface area contributed by atoms with Crippen molar-refractivity contribution < 1.29 is 19.4 Å². The van der Waals surface area contributed by atoms with Gasteiger partial charge in [0.1, 0.15) is 11.4 Å². The number of carbonyl (C=O) groups is 2. The van der Waals surface area contributed by atoms with E-state index in [1.807, 2.05) is 0 Å². The molecule has 1 heterocycles. The van der Waals surface area contributed by atoms with Crippen LogP contribution in [0, 0.1) is 0 Å². The highest BCUT2D eigenvalue weighted by Gasteiger charge is 2.40. The van der Waals surface area contributed by atoms with E-state index < -0.39 is 17.5 Å². The Hall–Kier alpha value is -2.11. The van der Waals surface area contributed by atoms with E-state index in [-0.39, 0.29) is 6.42 Å². The Balaban J connectivity index is 2.22. The molecule has 6 nitrogen and oxygen atoms in total. The molecule has 0 aliphatic heterocycles. The lowest BCUT2D eigenvalue weighted by molar-refractivity contribution is -0.138. The molecule has 1 aliphatic carbocycles. The van der Waals surface area contributed by atoms with E-state index in [0.29, 0.717) is 11.4 Å². The number of rotatable bonds is 5. The van der Waals surface area contributed by atoms with Crippen LogP contribution in [-0.4, -0.2) is 34.7 Å². The third-order valence-corrected chi connectivity index (χ3v) is 3.40. The SMILES string of the molecule is COC(=O)c1cccnc1NC1(CC(=O)O)CCC1. The molecule has 6 heteroatoms. The first kappa shape index (κ1) is 13.3. The molecular weight excluding hydrogens is 248 g/mol. The number of pyridine rings is 1. The maximum absolute atomic E-state index is 11.6. The number of ether oxygens (including phenoxy) is 1. The van der Waals surface area contributed by atoms with Gasteiger partial charge in [0.2, 0.25) is 0 Å². The highest BCUT2D eigenvalue weighted by Crippen LogP contribution is 2.38. The summed E-state index contributed by atoms with van der Waals surface area (Å²) in [5.74, 6) is -0.960. The summed E-state index contributed by atoms with van der Waals surface area (Å²) in [6.07, 6.45) is 4.07. The lowest BCUT2D eigenvalue weighted by Crippen LogP contribution is -2.47. The fourth-order valence-corrected chi connectivity index (χ4v) is 2.27. The van der Waals surface area contributed by atoms with Crippen LogP contribution in [0.3, 0.4) is 0 Å². The first-order valence-electron chi connectivity index (χ1n) is 6.10. The largest absolute Gasteiger partial charge is 0.481 e. The van der Waals surface area contributed by atoms with Crippen molar-refractivity contribution in [1.29, 1.82) is 0 Å². The molecule has 19 heavy (non-hydrogen) atoms. The van der Waals surface area contributed by atoms with Crippen molar-refractivity contribution in [2.24, 2.45) is 0 Å². The predicted octanol–water partition coefficient (Wildman–Crippen LogP) is 1.68. The monoisotopic (exact) mass is 264 g/mol. The Kier molecular flexibility index (Phi) is 3.69. The van der Waals surface area contributed by atoms with Crippen molar-refractivity contribution in [1.82, 2.24) is 4.98 Å². The van der Waals surface area contributed by atoms with Crippen molar-refractivity contribution >= 4 is 17.8 Å². The number of methoxy groups -OCH3 is 1. The maximum Gasteiger partial charge on any atom is 0.341 e. The van der Waals surface area contributed by atoms with Crippen LogP contribution >= 0.6 is 0 Å². The van der Waals surface area contributed by atoms with Crippen molar-refractivity contribution in [3.05, 3.63) is 23.9 Å². The average molecular weight is 264 g/mol.